The lowest BCUT2D eigenvalue weighted by Gasteiger charge is -2.34. The highest BCUT2D eigenvalue weighted by atomic mass is 16.6. The fourth-order valence-corrected chi connectivity index (χ4v) is 2.95. The Morgan fingerprint density at radius 2 is 1.72 bits per heavy atom. The summed E-state index contributed by atoms with van der Waals surface area (Å²) in [5.41, 5.74) is 5.44. The van der Waals surface area contributed by atoms with Crippen LogP contribution in [0, 0.1) is 11.8 Å². The summed E-state index contributed by atoms with van der Waals surface area (Å²) in [5, 5.41) is 10.8. The Kier molecular flexibility index (Phi) is 7.82. The molecule has 0 aliphatic heterocycles. The number of esters is 2. The number of rotatable bonds is 7. The smallest absolute Gasteiger partial charge is 0.340 e. The molecule has 25 heavy (non-hydrogen) atoms. The number of carbonyl (C=O) groups excluding carboxylic acids is 3. The summed E-state index contributed by atoms with van der Waals surface area (Å²) in [5.74, 6) is -3.89. The van der Waals surface area contributed by atoms with Gasteiger partial charge >= 0.3 is 17.9 Å². The van der Waals surface area contributed by atoms with Crippen molar-refractivity contribution >= 4 is 23.8 Å². The fourth-order valence-electron chi connectivity index (χ4n) is 2.95. The second-order valence-electron chi connectivity index (χ2n) is 6.46. The molecule has 9 nitrogen and oxygen atoms in total. The van der Waals surface area contributed by atoms with E-state index in [0.29, 0.717) is 0 Å². The molecule has 0 aromatic rings. The van der Waals surface area contributed by atoms with Crippen molar-refractivity contribution < 1.29 is 33.8 Å². The Morgan fingerprint density at radius 3 is 2.20 bits per heavy atom. The van der Waals surface area contributed by atoms with E-state index in [0.717, 1.165) is 26.4 Å². The van der Waals surface area contributed by atoms with Crippen molar-refractivity contribution in [2.75, 3.05) is 7.11 Å². The van der Waals surface area contributed by atoms with Gasteiger partial charge in [0.05, 0.1) is 19.6 Å². The van der Waals surface area contributed by atoms with Crippen molar-refractivity contribution in [1.29, 1.82) is 0 Å². The molecule has 1 rings (SSSR count). The van der Waals surface area contributed by atoms with E-state index in [9.17, 15) is 19.2 Å². The molecule has 4 unspecified atom stereocenters. The lowest BCUT2D eigenvalue weighted by atomic mass is 9.80. The molecule has 0 heterocycles. The number of carbonyl (C=O) groups is 4. The Hall–Kier alpha value is -2.16. The van der Waals surface area contributed by atoms with Crippen LogP contribution in [0.2, 0.25) is 0 Å². The molecule has 1 amide bonds. The number of aliphatic carboxylic acids is 1. The second-order valence-corrected chi connectivity index (χ2v) is 6.46. The van der Waals surface area contributed by atoms with Crippen LogP contribution in [-0.4, -0.2) is 54.2 Å². The highest BCUT2D eigenvalue weighted by Gasteiger charge is 2.37. The van der Waals surface area contributed by atoms with Crippen LogP contribution < -0.4 is 11.1 Å². The van der Waals surface area contributed by atoms with E-state index < -0.39 is 42.3 Å². The van der Waals surface area contributed by atoms with E-state index in [1.165, 1.54) is 0 Å². The minimum absolute atomic E-state index is 0.135. The van der Waals surface area contributed by atoms with Crippen molar-refractivity contribution in [3.05, 3.63) is 0 Å². The van der Waals surface area contributed by atoms with Crippen LogP contribution in [0.25, 0.3) is 0 Å². The molecule has 0 aromatic heterocycles. The standard InChI is InChI=1S/C16H26N2O7/c1-8-5-4-6-9(2)13(8)25-16(23)12(15(22)24-3)18-14(21)10(17)7-11(19)20/h8-10,12-13H,4-7,17H2,1-3H3,(H,18,21)(H,19,20). The number of nitrogens with two attached hydrogens (primary N) is 1. The quantitative estimate of drug-likeness (QED) is 0.419. The first kappa shape index (κ1) is 20.9. The normalized spacial score (nSPS) is 25.4. The molecule has 0 spiro atoms. The summed E-state index contributed by atoms with van der Waals surface area (Å²) >= 11 is 0. The molecule has 142 valence electrons. The Morgan fingerprint density at radius 1 is 1.16 bits per heavy atom. The van der Waals surface area contributed by atoms with Crippen molar-refractivity contribution in [3.8, 4) is 0 Å². The average molecular weight is 358 g/mol. The topological polar surface area (TPSA) is 145 Å². The number of methoxy groups -OCH3 is 1. The van der Waals surface area contributed by atoms with Gasteiger partial charge in [0.2, 0.25) is 11.9 Å². The highest BCUT2D eigenvalue weighted by Crippen LogP contribution is 2.31. The summed E-state index contributed by atoms with van der Waals surface area (Å²) in [4.78, 5) is 46.8. The van der Waals surface area contributed by atoms with Gasteiger partial charge in [0.1, 0.15) is 6.10 Å². The van der Waals surface area contributed by atoms with Crippen molar-refractivity contribution in [1.82, 2.24) is 5.32 Å². The summed E-state index contributed by atoms with van der Waals surface area (Å²) in [7, 11) is 1.07. The number of nitrogens with one attached hydrogen (secondary N) is 1. The van der Waals surface area contributed by atoms with Gasteiger partial charge in [-0.25, -0.2) is 9.59 Å². The van der Waals surface area contributed by atoms with Gasteiger partial charge in [0.15, 0.2) is 0 Å². The van der Waals surface area contributed by atoms with E-state index in [1.807, 2.05) is 13.8 Å². The molecule has 1 saturated carbocycles. The molecular formula is C16H26N2O7. The van der Waals surface area contributed by atoms with Gasteiger partial charge in [-0.15, -0.1) is 0 Å². The van der Waals surface area contributed by atoms with Gasteiger partial charge in [-0.2, -0.15) is 0 Å². The van der Waals surface area contributed by atoms with Crippen LogP contribution in [0.15, 0.2) is 0 Å². The van der Waals surface area contributed by atoms with Crippen LogP contribution >= 0.6 is 0 Å². The molecule has 1 aliphatic carbocycles. The number of carboxylic acids is 1. The van der Waals surface area contributed by atoms with Crippen LogP contribution in [0.4, 0.5) is 0 Å². The zero-order valence-corrected chi connectivity index (χ0v) is 14.7. The van der Waals surface area contributed by atoms with Crippen LogP contribution in [0.5, 0.6) is 0 Å². The zero-order chi connectivity index (χ0) is 19.1. The number of hydrogen-bond acceptors (Lipinski definition) is 7. The Balaban J connectivity index is 2.80. The molecule has 0 bridgehead atoms. The highest BCUT2D eigenvalue weighted by molar-refractivity contribution is 6.03. The largest absolute Gasteiger partial charge is 0.481 e. The molecule has 0 radical (unpaired) electrons. The Labute approximate surface area is 146 Å². The van der Waals surface area contributed by atoms with Crippen LogP contribution in [-0.2, 0) is 28.7 Å². The zero-order valence-electron chi connectivity index (χ0n) is 14.7. The van der Waals surface area contributed by atoms with Gasteiger partial charge in [-0.3, -0.25) is 9.59 Å². The number of hydrogen-bond donors (Lipinski definition) is 3. The third-order valence-corrected chi connectivity index (χ3v) is 4.38. The van der Waals surface area contributed by atoms with E-state index in [1.54, 1.807) is 0 Å². The van der Waals surface area contributed by atoms with Gasteiger partial charge < -0.3 is 25.6 Å². The van der Waals surface area contributed by atoms with E-state index in [4.69, 9.17) is 15.6 Å². The number of ether oxygens (including phenoxy) is 2. The lowest BCUT2D eigenvalue weighted by molar-refractivity contribution is -0.167. The van der Waals surface area contributed by atoms with Gasteiger partial charge in [-0.1, -0.05) is 20.3 Å². The third-order valence-electron chi connectivity index (χ3n) is 4.38. The number of amides is 1. The summed E-state index contributed by atoms with van der Waals surface area (Å²) in [6.45, 7) is 3.92. The minimum Gasteiger partial charge on any atom is -0.481 e. The minimum atomic E-state index is -1.68. The molecule has 0 saturated heterocycles. The number of carboxylic acid groups (broad SMARTS) is 1. The van der Waals surface area contributed by atoms with Crippen molar-refractivity contribution in [2.45, 2.75) is 57.7 Å². The molecule has 1 aliphatic rings. The van der Waals surface area contributed by atoms with E-state index >= 15 is 0 Å². The van der Waals surface area contributed by atoms with Gasteiger partial charge in [0.25, 0.3) is 0 Å². The first-order valence-electron chi connectivity index (χ1n) is 8.23. The van der Waals surface area contributed by atoms with Crippen LogP contribution in [0.3, 0.4) is 0 Å². The predicted octanol–water partition coefficient (Wildman–Crippen LogP) is -0.186. The summed E-state index contributed by atoms with van der Waals surface area (Å²) in [6.07, 6.45) is 1.85. The molecule has 4 atom stereocenters. The SMILES string of the molecule is COC(=O)C(NC(=O)C(N)CC(=O)O)C(=O)OC1C(C)CCCC1C. The van der Waals surface area contributed by atoms with Gasteiger partial charge in [-0.05, 0) is 24.7 Å². The first-order chi connectivity index (χ1) is 11.7. The fraction of sp³-hybridized carbons (Fsp3) is 0.750. The maximum Gasteiger partial charge on any atom is 0.340 e. The molecule has 1 fully saturated rings. The predicted molar refractivity (Wildman–Crippen MR) is 86.2 cm³/mol. The van der Waals surface area contributed by atoms with Crippen molar-refractivity contribution in [2.24, 2.45) is 17.6 Å². The first-order valence-corrected chi connectivity index (χ1v) is 8.23. The summed E-state index contributed by atoms with van der Waals surface area (Å²) < 4.78 is 9.98. The molecular weight excluding hydrogens is 332 g/mol. The summed E-state index contributed by atoms with van der Waals surface area (Å²) in [6, 6.07) is -3.08. The molecule has 4 N–H and O–H groups in total. The lowest BCUT2D eigenvalue weighted by Crippen LogP contribution is -2.54. The van der Waals surface area contributed by atoms with Crippen molar-refractivity contribution in [3.63, 3.8) is 0 Å². The third kappa shape index (κ3) is 6.00. The second kappa shape index (κ2) is 9.36. The van der Waals surface area contributed by atoms with E-state index in [-0.39, 0.29) is 17.9 Å². The van der Waals surface area contributed by atoms with E-state index in [2.05, 4.69) is 10.1 Å². The Bertz CT molecular complexity index is 513. The van der Waals surface area contributed by atoms with Crippen LogP contribution in [0.1, 0.15) is 39.5 Å². The maximum atomic E-state index is 12.4. The monoisotopic (exact) mass is 358 g/mol. The maximum absolute atomic E-state index is 12.4. The van der Waals surface area contributed by atoms with Gasteiger partial charge in [0, 0.05) is 0 Å². The molecule has 9 heteroatoms. The average Bonchev–Trinajstić information content (AvgIpc) is 2.54. The molecule has 0 aromatic carbocycles.